The molecule has 1 amide bonds. The zero-order valence-corrected chi connectivity index (χ0v) is 10.5. The Morgan fingerprint density at radius 2 is 1.94 bits per heavy atom. The van der Waals surface area contributed by atoms with Crippen LogP contribution in [0.25, 0.3) is 0 Å². The van der Waals surface area contributed by atoms with E-state index in [2.05, 4.69) is 5.32 Å². The Hall–Kier alpha value is -0.610. The van der Waals surface area contributed by atoms with Crippen LogP contribution >= 0.6 is 0 Å². The van der Waals surface area contributed by atoms with Crippen LogP contribution in [-0.4, -0.2) is 47.7 Å². The van der Waals surface area contributed by atoms with Crippen molar-refractivity contribution >= 4 is 5.91 Å². The standard InChI is InChI=1S/C12H24N2O2/c1-12(2,6-9-15)13-10-11(16)14-7-4-3-5-8-14/h13,15H,3-10H2,1-2H3. The Balaban J connectivity index is 2.28. The summed E-state index contributed by atoms with van der Waals surface area (Å²) in [7, 11) is 0. The van der Waals surface area contributed by atoms with Crippen LogP contribution < -0.4 is 5.32 Å². The number of carbonyl (C=O) groups is 1. The van der Waals surface area contributed by atoms with Gasteiger partial charge in [0.1, 0.15) is 0 Å². The zero-order valence-electron chi connectivity index (χ0n) is 10.5. The minimum absolute atomic E-state index is 0.151. The third-order valence-electron chi connectivity index (χ3n) is 3.16. The largest absolute Gasteiger partial charge is 0.396 e. The molecule has 0 aromatic heterocycles. The van der Waals surface area contributed by atoms with Crippen molar-refractivity contribution in [2.24, 2.45) is 0 Å². The summed E-state index contributed by atoms with van der Waals surface area (Å²) in [6.07, 6.45) is 4.17. The molecule has 0 aliphatic carbocycles. The van der Waals surface area contributed by atoms with Crippen molar-refractivity contribution in [1.29, 1.82) is 0 Å². The lowest BCUT2D eigenvalue weighted by atomic mass is 10.0. The number of hydrogen-bond acceptors (Lipinski definition) is 3. The van der Waals surface area contributed by atoms with E-state index in [4.69, 9.17) is 5.11 Å². The minimum Gasteiger partial charge on any atom is -0.396 e. The highest BCUT2D eigenvalue weighted by atomic mass is 16.3. The molecule has 0 atom stereocenters. The van der Waals surface area contributed by atoms with E-state index in [1.54, 1.807) is 0 Å². The molecule has 0 spiro atoms. The summed E-state index contributed by atoms with van der Waals surface area (Å²) in [5.74, 6) is 0.186. The molecule has 4 nitrogen and oxygen atoms in total. The number of rotatable bonds is 5. The van der Waals surface area contributed by atoms with Crippen LogP contribution in [0, 0.1) is 0 Å². The molecule has 0 unspecified atom stereocenters. The molecule has 1 aliphatic rings. The summed E-state index contributed by atoms with van der Waals surface area (Å²) < 4.78 is 0. The average Bonchev–Trinajstić information content (AvgIpc) is 2.27. The average molecular weight is 228 g/mol. The van der Waals surface area contributed by atoms with E-state index >= 15 is 0 Å². The van der Waals surface area contributed by atoms with Crippen LogP contribution in [0.1, 0.15) is 39.5 Å². The number of nitrogens with one attached hydrogen (secondary N) is 1. The Kier molecular flexibility index (Phi) is 5.22. The van der Waals surface area contributed by atoms with E-state index < -0.39 is 0 Å². The smallest absolute Gasteiger partial charge is 0.236 e. The number of hydrogen-bond donors (Lipinski definition) is 2. The van der Waals surface area contributed by atoms with E-state index in [0.717, 1.165) is 25.9 Å². The summed E-state index contributed by atoms with van der Waals surface area (Å²) >= 11 is 0. The lowest BCUT2D eigenvalue weighted by Gasteiger charge is -2.30. The van der Waals surface area contributed by atoms with Crippen LogP contribution in [-0.2, 0) is 4.79 Å². The second kappa shape index (κ2) is 6.21. The number of likely N-dealkylation sites (tertiary alicyclic amines) is 1. The molecule has 1 fully saturated rings. The Morgan fingerprint density at radius 1 is 1.31 bits per heavy atom. The maximum absolute atomic E-state index is 11.8. The monoisotopic (exact) mass is 228 g/mol. The molecule has 16 heavy (non-hydrogen) atoms. The minimum atomic E-state index is -0.166. The van der Waals surface area contributed by atoms with Gasteiger partial charge in [0, 0.05) is 25.2 Å². The first-order chi connectivity index (χ1) is 7.55. The normalized spacial score (nSPS) is 17.6. The first-order valence-corrected chi connectivity index (χ1v) is 6.19. The van der Waals surface area contributed by atoms with Gasteiger partial charge in [-0.1, -0.05) is 0 Å². The summed E-state index contributed by atoms with van der Waals surface area (Å²) in [6.45, 7) is 6.35. The van der Waals surface area contributed by atoms with Crippen LogP contribution in [0.3, 0.4) is 0 Å². The molecular weight excluding hydrogens is 204 g/mol. The van der Waals surface area contributed by atoms with Gasteiger partial charge in [-0.3, -0.25) is 4.79 Å². The van der Waals surface area contributed by atoms with Gasteiger partial charge in [0.05, 0.1) is 6.54 Å². The zero-order chi connectivity index (χ0) is 12.0. The molecule has 4 heteroatoms. The van der Waals surface area contributed by atoms with Gasteiger partial charge in [0.25, 0.3) is 0 Å². The summed E-state index contributed by atoms with van der Waals surface area (Å²) in [4.78, 5) is 13.8. The SMILES string of the molecule is CC(C)(CCO)NCC(=O)N1CCCCC1. The third kappa shape index (κ3) is 4.49. The van der Waals surface area contributed by atoms with E-state index in [1.807, 2.05) is 18.7 Å². The lowest BCUT2D eigenvalue weighted by Crippen LogP contribution is -2.48. The van der Waals surface area contributed by atoms with Crippen LogP contribution in [0.5, 0.6) is 0 Å². The molecular formula is C12H24N2O2. The molecule has 0 aromatic carbocycles. The predicted octanol–water partition coefficient (Wildman–Crippen LogP) is 0.749. The topological polar surface area (TPSA) is 52.6 Å². The number of piperidine rings is 1. The van der Waals surface area contributed by atoms with Crippen molar-refractivity contribution in [3.05, 3.63) is 0 Å². The molecule has 0 saturated carbocycles. The van der Waals surface area contributed by atoms with Crippen molar-refractivity contribution in [2.45, 2.75) is 45.1 Å². The second-order valence-electron chi connectivity index (χ2n) is 5.15. The van der Waals surface area contributed by atoms with Gasteiger partial charge in [-0.05, 0) is 39.5 Å². The third-order valence-corrected chi connectivity index (χ3v) is 3.16. The van der Waals surface area contributed by atoms with Crippen LogP contribution in [0.15, 0.2) is 0 Å². The maximum Gasteiger partial charge on any atom is 0.236 e. The quantitative estimate of drug-likeness (QED) is 0.730. The van der Waals surface area contributed by atoms with Gasteiger partial charge in [0.15, 0.2) is 0 Å². The van der Waals surface area contributed by atoms with Gasteiger partial charge < -0.3 is 15.3 Å². The second-order valence-corrected chi connectivity index (χ2v) is 5.15. The van der Waals surface area contributed by atoms with Crippen LogP contribution in [0.4, 0.5) is 0 Å². The maximum atomic E-state index is 11.8. The fraction of sp³-hybridized carbons (Fsp3) is 0.917. The van der Waals surface area contributed by atoms with E-state index in [1.165, 1.54) is 6.42 Å². The molecule has 0 bridgehead atoms. The Morgan fingerprint density at radius 3 is 2.50 bits per heavy atom. The van der Waals surface area contributed by atoms with Crippen molar-refractivity contribution in [1.82, 2.24) is 10.2 Å². The van der Waals surface area contributed by atoms with E-state index in [0.29, 0.717) is 13.0 Å². The van der Waals surface area contributed by atoms with Gasteiger partial charge >= 0.3 is 0 Å². The van der Waals surface area contributed by atoms with Crippen molar-refractivity contribution in [3.8, 4) is 0 Å². The Bertz CT molecular complexity index is 223. The molecule has 1 aliphatic heterocycles. The van der Waals surface area contributed by atoms with E-state index in [-0.39, 0.29) is 18.1 Å². The van der Waals surface area contributed by atoms with Gasteiger partial charge in [-0.25, -0.2) is 0 Å². The van der Waals surface area contributed by atoms with Gasteiger partial charge in [-0.15, -0.1) is 0 Å². The molecule has 1 heterocycles. The predicted molar refractivity (Wildman–Crippen MR) is 64.2 cm³/mol. The molecule has 0 aromatic rings. The number of nitrogens with zero attached hydrogens (tertiary/aromatic N) is 1. The number of aliphatic hydroxyl groups is 1. The van der Waals surface area contributed by atoms with Crippen molar-refractivity contribution < 1.29 is 9.90 Å². The Labute approximate surface area is 98.0 Å². The molecule has 1 saturated heterocycles. The number of carbonyl (C=O) groups excluding carboxylic acids is 1. The fourth-order valence-corrected chi connectivity index (χ4v) is 1.94. The number of aliphatic hydroxyl groups excluding tert-OH is 1. The van der Waals surface area contributed by atoms with Gasteiger partial charge in [-0.2, -0.15) is 0 Å². The summed E-state index contributed by atoms with van der Waals surface area (Å²) in [5, 5.41) is 12.1. The molecule has 2 N–H and O–H groups in total. The van der Waals surface area contributed by atoms with Gasteiger partial charge in [0.2, 0.25) is 5.91 Å². The lowest BCUT2D eigenvalue weighted by molar-refractivity contribution is -0.131. The summed E-state index contributed by atoms with van der Waals surface area (Å²) in [5.41, 5.74) is -0.166. The highest BCUT2D eigenvalue weighted by Crippen LogP contribution is 2.10. The molecule has 1 rings (SSSR count). The van der Waals surface area contributed by atoms with Crippen LogP contribution in [0.2, 0.25) is 0 Å². The first-order valence-electron chi connectivity index (χ1n) is 6.19. The number of amides is 1. The highest BCUT2D eigenvalue weighted by Gasteiger charge is 2.21. The van der Waals surface area contributed by atoms with E-state index in [9.17, 15) is 4.79 Å². The first kappa shape index (κ1) is 13.5. The van der Waals surface area contributed by atoms with Crippen molar-refractivity contribution in [3.63, 3.8) is 0 Å². The highest BCUT2D eigenvalue weighted by molar-refractivity contribution is 5.78. The fourth-order valence-electron chi connectivity index (χ4n) is 1.94. The van der Waals surface area contributed by atoms with Crippen molar-refractivity contribution in [2.75, 3.05) is 26.2 Å². The molecule has 0 radical (unpaired) electrons. The summed E-state index contributed by atoms with van der Waals surface area (Å²) in [6, 6.07) is 0. The molecule has 94 valence electrons.